The number of esters is 3. The van der Waals surface area contributed by atoms with Crippen molar-refractivity contribution in [2.24, 2.45) is 0 Å². The summed E-state index contributed by atoms with van der Waals surface area (Å²) in [6, 6.07) is -1.37. The summed E-state index contributed by atoms with van der Waals surface area (Å²) in [5.41, 5.74) is -6.08. The minimum atomic E-state index is -6.47. The van der Waals surface area contributed by atoms with Gasteiger partial charge in [0.15, 0.2) is 0 Å². The zero-order valence-corrected chi connectivity index (χ0v) is 18.7. The summed E-state index contributed by atoms with van der Waals surface area (Å²) in [6.45, 7) is 0. The van der Waals surface area contributed by atoms with Crippen molar-refractivity contribution < 1.29 is 108 Å². The van der Waals surface area contributed by atoms with Crippen LogP contribution < -0.4 is 0 Å². The van der Waals surface area contributed by atoms with Crippen LogP contribution in [0.5, 0.6) is 0 Å². The number of carbonyl (C=O) groups excluding carboxylic acids is 3. The molecule has 0 atom stereocenters. The van der Waals surface area contributed by atoms with E-state index in [9.17, 15) is 93.4 Å². The number of rotatable bonds is 6. The molecule has 0 spiro atoms. The van der Waals surface area contributed by atoms with Crippen molar-refractivity contribution in [3.8, 4) is 0 Å². The Morgan fingerprint density at radius 2 is 0.524 bits per heavy atom. The molecule has 240 valence electrons. The molecule has 0 radical (unpaired) electrons. The van der Waals surface area contributed by atoms with Gasteiger partial charge < -0.3 is 14.2 Å². The lowest BCUT2D eigenvalue weighted by atomic mass is 10.1. The van der Waals surface area contributed by atoms with Gasteiger partial charge in [-0.05, 0) is 18.2 Å². The van der Waals surface area contributed by atoms with Gasteiger partial charge >= 0.3 is 55.0 Å². The van der Waals surface area contributed by atoms with Crippen LogP contribution in [0, 0.1) is 0 Å². The van der Waals surface area contributed by atoms with Gasteiger partial charge in [0, 0.05) is 0 Å². The van der Waals surface area contributed by atoms with E-state index in [0.717, 1.165) is 0 Å². The molecule has 0 aliphatic heterocycles. The normalized spacial score (nSPS) is 13.9. The standard InChI is InChI=1S/C18H6F18O6/c19-13(20,21)10(14(22,23)24)40-7(37)4-1-5(8(38)41-11(15(25,26)27)16(28,29)30)3-6(2-4)9(39)42-12(17(31,32)33)18(34,35)36/h1-3,10-12H. The molecule has 24 heteroatoms. The van der Waals surface area contributed by atoms with Crippen molar-refractivity contribution in [1.29, 1.82) is 0 Å². The van der Waals surface area contributed by atoms with Crippen LogP contribution in [0.2, 0.25) is 0 Å². The molecule has 0 saturated carbocycles. The molecule has 0 bridgehead atoms. The van der Waals surface area contributed by atoms with Crippen molar-refractivity contribution in [3.63, 3.8) is 0 Å². The monoisotopic (exact) mass is 660 g/mol. The Hall–Kier alpha value is -3.63. The van der Waals surface area contributed by atoms with Gasteiger partial charge in [0.05, 0.1) is 16.7 Å². The van der Waals surface area contributed by atoms with Crippen LogP contribution in [0.1, 0.15) is 31.1 Å². The summed E-state index contributed by atoms with van der Waals surface area (Å²) < 4.78 is 237. The van der Waals surface area contributed by atoms with Crippen molar-refractivity contribution in [1.82, 2.24) is 0 Å². The Morgan fingerprint density at radius 3 is 0.643 bits per heavy atom. The van der Waals surface area contributed by atoms with Crippen LogP contribution in [0.3, 0.4) is 0 Å². The van der Waals surface area contributed by atoms with Crippen LogP contribution in [0.25, 0.3) is 0 Å². The summed E-state index contributed by atoms with van der Waals surface area (Å²) in [7, 11) is 0. The molecule has 0 aliphatic rings. The van der Waals surface area contributed by atoms with E-state index in [1.54, 1.807) is 0 Å². The molecular formula is C18H6F18O6. The lowest BCUT2D eigenvalue weighted by Crippen LogP contribution is -2.46. The van der Waals surface area contributed by atoms with Gasteiger partial charge in [-0.15, -0.1) is 0 Å². The third-order valence-corrected chi connectivity index (χ3v) is 4.10. The minimum absolute atomic E-state index is 0.458. The molecule has 6 nitrogen and oxygen atoms in total. The van der Waals surface area contributed by atoms with Crippen LogP contribution in [0.4, 0.5) is 79.0 Å². The number of hydrogen-bond acceptors (Lipinski definition) is 6. The molecule has 1 aromatic carbocycles. The van der Waals surface area contributed by atoms with Gasteiger partial charge in [0.25, 0.3) is 18.3 Å². The summed E-state index contributed by atoms with van der Waals surface area (Å²) in [4.78, 5) is 35.8. The van der Waals surface area contributed by atoms with Crippen LogP contribution in [0.15, 0.2) is 18.2 Å². The van der Waals surface area contributed by atoms with E-state index in [4.69, 9.17) is 0 Å². The lowest BCUT2D eigenvalue weighted by molar-refractivity contribution is -0.307. The molecule has 0 aliphatic carbocycles. The fraction of sp³-hybridized carbons (Fsp3) is 0.500. The maximum absolute atomic E-state index is 12.7. The first kappa shape index (κ1) is 36.4. The summed E-state index contributed by atoms with van der Waals surface area (Å²) >= 11 is 0. The topological polar surface area (TPSA) is 78.9 Å². The zero-order chi connectivity index (χ0) is 33.4. The Bertz CT molecular complexity index is 957. The molecule has 0 N–H and O–H groups in total. The predicted octanol–water partition coefficient (Wildman–Crippen LogP) is 6.64. The molecule has 0 fully saturated rings. The molecule has 42 heavy (non-hydrogen) atoms. The first-order valence-corrected chi connectivity index (χ1v) is 9.55. The van der Waals surface area contributed by atoms with E-state index in [1.165, 1.54) is 0 Å². The molecule has 0 amide bonds. The van der Waals surface area contributed by atoms with Crippen molar-refractivity contribution in [3.05, 3.63) is 34.9 Å². The molecule has 1 aromatic rings. The van der Waals surface area contributed by atoms with Gasteiger partial charge in [0.1, 0.15) is 0 Å². The molecule has 0 saturated heterocycles. The minimum Gasteiger partial charge on any atom is -0.439 e. The Kier molecular flexibility index (Phi) is 10.0. The number of alkyl halides is 18. The van der Waals surface area contributed by atoms with Crippen molar-refractivity contribution in [2.45, 2.75) is 55.4 Å². The Balaban J connectivity index is 3.74. The Labute approximate surface area is 217 Å². The smallest absolute Gasteiger partial charge is 0.434 e. The van der Waals surface area contributed by atoms with Crippen molar-refractivity contribution in [2.75, 3.05) is 0 Å². The van der Waals surface area contributed by atoms with E-state index in [1.807, 2.05) is 0 Å². The van der Waals surface area contributed by atoms with Crippen LogP contribution >= 0.6 is 0 Å². The van der Waals surface area contributed by atoms with E-state index < -0.39 is 108 Å². The number of hydrogen-bond donors (Lipinski definition) is 0. The third-order valence-electron chi connectivity index (χ3n) is 4.10. The van der Waals surface area contributed by atoms with Crippen LogP contribution in [-0.2, 0) is 14.2 Å². The average Bonchev–Trinajstić information content (AvgIpc) is 2.73. The van der Waals surface area contributed by atoms with Gasteiger partial charge in [0.2, 0.25) is 0 Å². The second kappa shape index (κ2) is 11.6. The number of ether oxygens (including phenoxy) is 3. The third kappa shape index (κ3) is 9.73. The summed E-state index contributed by atoms with van der Waals surface area (Å²) in [6.07, 6.45) is -53.9. The predicted molar refractivity (Wildman–Crippen MR) is 90.4 cm³/mol. The molecule has 0 unspecified atom stereocenters. The highest BCUT2D eigenvalue weighted by molar-refractivity contribution is 6.00. The number of benzene rings is 1. The largest absolute Gasteiger partial charge is 0.439 e. The van der Waals surface area contributed by atoms with Gasteiger partial charge in [-0.25, -0.2) is 14.4 Å². The Morgan fingerprint density at radius 1 is 0.381 bits per heavy atom. The van der Waals surface area contributed by atoms with E-state index >= 15 is 0 Å². The van der Waals surface area contributed by atoms with E-state index in [0.29, 0.717) is 0 Å². The highest BCUT2D eigenvalue weighted by atomic mass is 19.4. The lowest BCUT2D eigenvalue weighted by Gasteiger charge is -2.24. The summed E-state index contributed by atoms with van der Waals surface area (Å²) in [5, 5.41) is 0. The molecule has 1 rings (SSSR count). The quantitative estimate of drug-likeness (QED) is 0.194. The fourth-order valence-corrected chi connectivity index (χ4v) is 2.46. The zero-order valence-electron chi connectivity index (χ0n) is 18.7. The van der Waals surface area contributed by atoms with E-state index in [2.05, 4.69) is 14.2 Å². The SMILES string of the molecule is O=C(OC(C(F)(F)F)C(F)(F)F)c1cc(C(=O)OC(C(F)(F)F)C(F)(F)F)cc(C(=O)OC(C(F)(F)F)C(F)(F)F)c1. The number of halogens is 18. The van der Waals surface area contributed by atoms with Crippen molar-refractivity contribution >= 4 is 17.9 Å². The maximum atomic E-state index is 12.7. The fourth-order valence-electron chi connectivity index (χ4n) is 2.46. The van der Waals surface area contributed by atoms with Gasteiger partial charge in [-0.3, -0.25) is 0 Å². The van der Waals surface area contributed by atoms with E-state index in [-0.39, 0.29) is 0 Å². The number of carbonyl (C=O) groups is 3. The maximum Gasteiger partial charge on any atom is 0.434 e. The van der Waals surface area contributed by atoms with Gasteiger partial charge in [-0.2, -0.15) is 79.0 Å². The highest BCUT2D eigenvalue weighted by Gasteiger charge is 2.62. The first-order valence-electron chi connectivity index (χ1n) is 9.55. The second-order valence-electron chi connectivity index (χ2n) is 7.40. The highest BCUT2D eigenvalue weighted by Crippen LogP contribution is 2.39. The molecular weight excluding hydrogens is 654 g/mol. The second-order valence-corrected chi connectivity index (χ2v) is 7.40. The van der Waals surface area contributed by atoms with Gasteiger partial charge in [-0.1, -0.05) is 0 Å². The first-order chi connectivity index (χ1) is 18.4. The molecule has 0 aromatic heterocycles. The summed E-state index contributed by atoms with van der Waals surface area (Å²) in [5.74, 6) is -8.82. The molecule has 0 heterocycles. The van der Waals surface area contributed by atoms with Crippen LogP contribution in [-0.4, -0.2) is 73.3 Å². The average molecular weight is 660 g/mol.